The average molecular weight is 324 g/mol. The second-order valence-electron chi connectivity index (χ2n) is 3.81. The van der Waals surface area contributed by atoms with Crippen LogP contribution in [0.3, 0.4) is 0 Å². The Morgan fingerprint density at radius 2 is 2.17 bits per heavy atom. The van der Waals surface area contributed by atoms with Gasteiger partial charge >= 0.3 is 0 Å². The summed E-state index contributed by atoms with van der Waals surface area (Å²) in [6, 6.07) is 5.39. The molecule has 0 atom stereocenters. The number of nitrogens with zero attached hydrogens (tertiary/aromatic N) is 1. The molecule has 0 fully saturated rings. The average Bonchev–Trinajstić information content (AvgIpc) is 2.31. The molecule has 1 rings (SSSR count). The Bertz CT molecular complexity index is 377. The van der Waals surface area contributed by atoms with Crippen LogP contribution in [0.2, 0.25) is 0 Å². The molecule has 18 heavy (non-hydrogen) atoms. The van der Waals surface area contributed by atoms with Crippen LogP contribution < -0.4 is 4.74 Å². The molecule has 6 heteroatoms. The van der Waals surface area contributed by atoms with Gasteiger partial charge in [0.25, 0.3) is 6.43 Å². The summed E-state index contributed by atoms with van der Waals surface area (Å²) >= 11 is 3.37. The zero-order chi connectivity index (χ0) is 13.5. The van der Waals surface area contributed by atoms with Crippen LogP contribution in [-0.4, -0.2) is 43.2 Å². The molecule has 0 aromatic heterocycles. The van der Waals surface area contributed by atoms with Gasteiger partial charge in [0, 0.05) is 17.6 Å². The van der Waals surface area contributed by atoms with E-state index in [1.54, 1.807) is 19.2 Å². The quantitative estimate of drug-likeness (QED) is 0.837. The van der Waals surface area contributed by atoms with Gasteiger partial charge < -0.3 is 9.84 Å². The maximum Gasteiger partial charge on any atom is 0.251 e. The lowest BCUT2D eigenvalue weighted by atomic mass is 10.2. The number of aliphatic hydroxyl groups excluding tert-OH is 1. The Morgan fingerprint density at radius 1 is 1.44 bits per heavy atom. The molecule has 1 aromatic rings. The fraction of sp³-hybridized carbons (Fsp3) is 0.500. The number of hydrogen-bond donors (Lipinski definition) is 1. The minimum atomic E-state index is -2.42. The maximum atomic E-state index is 12.4. The van der Waals surface area contributed by atoms with E-state index in [0.717, 1.165) is 10.0 Å². The molecule has 1 aromatic carbocycles. The van der Waals surface area contributed by atoms with Crippen LogP contribution in [0, 0.1) is 0 Å². The van der Waals surface area contributed by atoms with E-state index < -0.39 is 6.43 Å². The highest BCUT2D eigenvalue weighted by atomic mass is 79.9. The van der Waals surface area contributed by atoms with Gasteiger partial charge in [-0.3, -0.25) is 4.90 Å². The van der Waals surface area contributed by atoms with Crippen LogP contribution in [0.1, 0.15) is 5.56 Å². The first kappa shape index (κ1) is 15.3. The van der Waals surface area contributed by atoms with Gasteiger partial charge in [-0.05, 0) is 23.8 Å². The monoisotopic (exact) mass is 323 g/mol. The Labute approximate surface area is 113 Å². The van der Waals surface area contributed by atoms with Crippen molar-refractivity contribution in [1.82, 2.24) is 4.90 Å². The van der Waals surface area contributed by atoms with Gasteiger partial charge in [0.1, 0.15) is 5.75 Å². The molecule has 0 unspecified atom stereocenters. The number of hydrogen-bond acceptors (Lipinski definition) is 3. The van der Waals surface area contributed by atoms with Crippen LogP contribution >= 0.6 is 15.9 Å². The Morgan fingerprint density at radius 3 is 2.72 bits per heavy atom. The number of halogens is 3. The Hall–Kier alpha value is -0.720. The number of aliphatic hydroxyl groups is 1. The van der Waals surface area contributed by atoms with E-state index in [9.17, 15) is 8.78 Å². The number of methoxy groups -OCH3 is 1. The second-order valence-corrected chi connectivity index (χ2v) is 4.66. The fourth-order valence-electron chi connectivity index (χ4n) is 1.61. The summed E-state index contributed by atoms with van der Waals surface area (Å²) in [6.45, 7) is 0.0508. The number of benzene rings is 1. The van der Waals surface area contributed by atoms with Crippen molar-refractivity contribution >= 4 is 15.9 Å². The molecule has 0 aliphatic carbocycles. The van der Waals surface area contributed by atoms with Gasteiger partial charge in [-0.15, -0.1) is 0 Å². The molecule has 0 spiro atoms. The molecule has 0 aliphatic rings. The summed E-state index contributed by atoms with van der Waals surface area (Å²) in [7, 11) is 1.55. The van der Waals surface area contributed by atoms with E-state index in [0.29, 0.717) is 12.3 Å². The maximum absolute atomic E-state index is 12.4. The Balaban J connectivity index is 2.78. The van der Waals surface area contributed by atoms with Gasteiger partial charge in [-0.25, -0.2) is 8.78 Å². The van der Waals surface area contributed by atoms with E-state index in [2.05, 4.69) is 15.9 Å². The normalized spacial score (nSPS) is 11.3. The molecule has 0 radical (unpaired) electrons. The van der Waals surface area contributed by atoms with Crippen LogP contribution in [0.15, 0.2) is 22.7 Å². The molecule has 0 heterocycles. The van der Waals surface area contributed by atoms with Gasteiger partial charge in [-0.1, -0.05) is 15.9 Å². The molecule has 1 N–H and O–H groups in total. The summed E-state index contributed by atoms with van der Waals surface area (Å²) in [5, 5.41) is 8.87. The van der Waals surface area contributed by atoms with Crippen molar-refractivity contribution in [1.29, 1.82) is 0 Å². The van der Waals surface area contributed by atoms with Crippen molar-refractivity contribution in [2.75, 3.05) is 26.8 Å². The topological polar surface area (TPSA) is 32.7 Å². The molecular weight excluding hydrogens is 308 g/mol. The third kappa shape index (κ3) is 4.88. The van der Waals surface area contributed by atoms with Crippen LogP contribution in [0.25, 0.3) is 0 Å². The van der Waals surface area contributed by atoms with E-state index in [-0.39, 0.29) is 19.7 Å². The summed E-state index contributed by atoms with van der Waals surface area (Å²) in [6.07, 6.45) is -2.42. The lowest BCUT2D eigenvalue weighted by Gasteiger charge is -2.21. The van der Waals surface area contributed by atoms with Crippen molar-refractivity contribution < 1.29 is 18.6 Å². The first-order chi connectivity index (χ1) is 8.56. The zero-order valence-corrected chi connectivity index (χ0v) is 11.7. The molecule has 0 amide bonds. The highest BCUT2D eigenvalue weighted by Gasteiger charge is 2.14. The minimum Gasteiger partial charge on any atom is -0.497 e. The van der Waals surface area contributed by atoms with Crippen molar-refractivity contribution in [2.45, 2.75) is 13.0 Å². The fourth-order valence-corrected chi connectivity index (χ4v) is 1.98. The van der Waals surface area contributed by atoms with E-state index >= 15 is 0 Å². The molecule has 0 bridgehead atoms. The van der Waals surface area contributed by atoms with Gasteiger partial charge in [0.2, 0.25) is 0 Å². The predicted octanol–water partition coefficient (Wildman–Crippen LogP) is 2.52. The summed E-state index contributed by atoms with van der Waals surface area (Å²) in [5.41, 5.74) is 0.850. The first-order valence-electron chi connectivity index (χ1n) is 5.50. The molecule has 102 valence electrons. The summed E-state index contributed by atoms with van der Waals surface area (Å²) in [5.74, 6) is 0.675. The lowest BCUT2D eigenvalue weighted by molar-refractivity contribution is 0.0745. The molecule has 0 saturated carbocycles. The summed E-state index contributed by atoms with van der Waals surface area (Å²) < 4.78 is 30.7. The van der Waals surface area contributed by atoms with Crippen LogP contribution in [-0.2, 0) is 6.54 Å². The van der Waals surface area contributed by atoms with E-state index in [4.69, 9.17) is 9.84 Å². The minimum absolute atomic E-state index is 0.145. The van der Waals surface area contributed by atoms with E-state index in [1.165, 1.54) is 4.90 Å². The number of alkyl halides is 2. The van der Waals surface area contributed by atoms with Gasteiger partial charge in [-0.2, -0.15) is 0 Å². The molecule has 0 saturated heterocycles. The lowest BCUT2D eigenvalue weighted by Crippen LogP contribution is -2.31. The second kappa shape index (κ2) is 7.66. The Kier molecular flexibility index (Phi) is 6.52. The van der Waals surface area contributed by atoms with Crippen molar-refractivity contribution in [2.24, 2.45) is 0 Å². The van der Waals surface area contributed by atoms with Crippen molar-refractivity contribution in [3.05, 3.63) is 28.2 Å². The summed E-state index contributed by atoms with van der Waals surface area (Å²) in [4.78, 5) is 1.50. The largest absolute Gasteiger partial charge is 0.497 e. The first-order valence-corrected chi connectivity index (χ1v) is 6.30. The highest BCUT2D eigenvalue weighted by Crippen LogP contribution is 2.24. The van der Waals surface area contributed by atoms with Crippen molar-refractivity contribution in [3.8, 4) is 5.75 Å². The van der Waals surface area contributed by atoms with Crippen LogP contribution in [0.4, 0.5) is 8.78 Å². The number of rotatable bonds is 7. The smallest absolute Gasteiger partial charge is 0.251 e. The van der Waals surface area contributed by atoms with Gasteiger partial charge in [0.05, 0.1) is 20.3 Å². The molecule has 3 nitrogen and oxygen atoms in total. The standard InChI is InChI=1S/C12H16BrF2NO2/c1-18-10-2-3-11(13)9(6-10)7-16(4-5-17)8-12(14)15/h2-3,6,12,17H,4-5,7-8H2,1H3. The third-order valence-electron chi connectivity index (χ3n) is 2.46. The van der Waals surface area contributed by atoms with Crippen LogP contribution in [0.5, 0.6) is 5.75 Å². The zero-order valence-electron chi connectivity index (χ0n) is 10.1. The third-order valence-corrected chi connectivity index (χ3v) is 3.23. The molecule has 0 aliphatic heterocycles. The molecular formula is C12H16BrF2NO2. The SMILES string of the molecule is COc1ccc(Br)c(CN(CCO)CC(F)F)c1. The van der Waals surface area contributed by atoms with Crippen molar-refractivity contribution in [3.63, 3.8) is 0 Å². The predicted molar refractivity (Wildman–Crippen MR) is 69.1 cm³/mol. The highest BCUT2D eigenvalue weighted by molar-refractivity contribution is 9.10. The number of ether oxygens (including phenoxy) is 1. The van der Waals surface area contributed by atoms with E-state index in [1.807, 2.05) is 6.07 Å². The van der Waals surface area contributed by atoms with Gasteiger partial charge in [0.15, 0.2) is 0 Å².